The molecule has 0 saturated heterocycles. The summed E-state index contributed by atoms with van der Waals surface area (Å²) in [4.78, 5) is 30.6. The van der Waals surface area contributed by atoms with Crippen LogP contribution in [0.25, 0.3) is 0 Å². The van der Waals surface area contributed by atoms with Crippen molar-refractivity contribution in [1.29, 1.82) is 0 Å². The molecule has 1 amide bonds. The van der Waals surface area contributed by atoms with Crippen LogP contribution in [-0.2, 0) is 18.6 Å². The van der Waals surface area contributed by atoms with Crippen LogP contribution in [0.1, 0.15) is 103 Å². The molecular formula is C25H54N2O6P+. The van der Waals surface area contributed by atoms with Gasteiger partial charge in [0.25, 0.3) is 0 Å². The Labute approximate surface area is 209 Å². The van der Waals surface area contributed by atoms with Gasteiger partial charge in [0.1, 0.15) is 12.6 Å². The number of likely N-dealkylation sites (N-methyl/N-ethyl adjacent to an activating group) is 1. The quantitative estimate of drug-likeness (QED) is 0.0997. The van der Waals surface area contributed by atoms with Crippen molar-refractivity contribution in [2.24, 2.45) is 0 Å². The summed E-state index contributed by atoms with van der Waals surface area (Å²) in [5.74, 6) is -0.0100. The molecule has 34 heavy (non-hydrogen) atoms. The Morgan fingerprint density at radius 2 is 1.32 bits per heavy atom. The zero-order chi connectivity index (χ0) is 25.9. The lowest BCUT2D eigenvalue weighted by Crippen LogP contribution is -2.44. The Morgan fingerprint density at radius 3 is 1.74 bits per heavy atom. The average molecular weight is 510 g/mol. The Morgan fingerprint density at radius 1 is 0.853 bits per heavy atom. The number of hydrogen-bond donors (Lipinski definition) is 3. The van der Waals surface area contributed by atoms with Gasteiger partial charge in [0.2, 0.25) is 5.91 Å². The second-order valence-corrected chi connectivity index (χ2v) is 11.8. The molecule has 0 heterocycles. The molecule has 0 rings (SSSR count). The average Bonchev–Trinajstić information content (AvgIpc) is 2.72. The van der Waals surface area contributed by atoms with Crippen LogP contribution in [-0.4, -0.2) is 73.7 Å². The van der Waals surface area contributed by atoms with Gasteiger partial charge in [-0.1, -0.05) is 84.0 Å². The number of amides is 1. The number of carbonyl (C=O) groups excluding carboxylic acids is 1. The molecule has 0 saturated carbocycles. The zero-order valence-corrected chi connectivity index (χ0v) is 23.5. The normalized spacial score (nSPS) is 14.2. The van der Waals surface area contributed by atoms with Gasteiger partial charge in [-0.2, -0.15) is 0 Å². The summed E-state index contributed by atoms with van der Waals surface area (Å²) in [6.45, 7) is 2.97. The molecule has 204 valence electrons. The van der Waals surface area contributed by atoms with Gasteiger partial charge in [0.15, 0.2) is 0 Å². The van der Waals surface area contributed by atoms with E-state index < -0.39 is 13.9 Å². The van der Waals surface area contributed by atoms with E-state index >= 15 is 0 Å². The predicted molar refractivity (Wildman–Crippen MR) is 139 cm³/mol. The van der Waals surface area contributed by atoms with Crippen LogP contribution in [0.15, 0.2) is 0 Å². The smallest absolute Gasteiger partial charge is 0.380 e. The third-order valence-electron chi connectivity index (χ3n) is 5.93. The molecule has 8 nitrogen and oxygen atoms in total. The molecule has 0 bridgehead atoms. The molecule has 2 unspecified atom stereocenters. The summed E-state index contributed by atoms with van der Waals surface area (Å²) in [5.41, 5.74) is 0. The summed E-state index contributed by atoms with van der Waals surface area (Å²) < 4.78 is 22.2. The SMILES string of the molecule is CCCCCCCCCCCCCCCC(=O)NCC(CC(C[N+](C)(C)C)OP(=O)(O)O)OC. The number of ether oxygens (including phenoxy) is 1. The van der Waals surface area contributed by atoms with Crippen LogP contribution in [0.3, 0.4) is 0 Å². The summed E-state index contributed by atoms with van der Waals surface area (Å²) in [7, 11) is 2.71. The minimum Gasteiger partial charge on any atom is -0.380 e. The van der Waals surface area contributed by atoms with Gasteiger partial charge >= 0.3 is 7.82 Å². The van der Waals surface area contributed by atoms with Crippen molar-refractivity contribution in [2.45, 2.75) is 115 Å². The van der Waals surface area contributed by atoms with Gasteiger partial charge in [-0.3, -0.25) is 9.32 Å². The van der Waals surface area contributed by atoms with Gasteiger partial charge in [0, 0.05) is 26.5 Å². The highest BCUT2D eigenvalue weighted by Gasteiger charge is 2.29. The number of rotatable bonds is 23. The third-order valence-corrected chi connectivity index (χ3v) is 6.50. The van der Waals surface area contributed by atoms with Gasteiger partial charge < -0.3 is 24.3 Å². The van der Waals surface area contributed by atoms with Crippen molar-refractivity contribution in [2.75, 3.05) is 41.3 Å². The van der Waals surface area contributed by atoms with E-state index in [9.17, 15) is 19.1 Å². The van der Waals surface area contributed by atoms with E-state index in [-0.39, 0.29) is 18.4 Å². The van der Waals surface area contributed by atoms with Crippen LogP contribution < -0.4 is 5.32 Å². The molecule has 0 radical (unpaired) electrons. The van der Waals surface area contributed by atoms with E-state index in [1.807, 2.05) is 21.1 Å². The van der Waals surface area contributed by atoms with Crippen molar-refractivity contribution in [1.82, 2.24) is 5.32 Å². The molecule has 0 aliphatic carbocycles. The zero-order valence-electron chi connectivity index (χ0n) is 22.6. The van der Waals surface area contributed by atoms with Crippen LogP contribution in [0, 0.1) is 0 Å². The monoisotopic (exact) mass is 509 g/mol. The highest BCUT2D eigenvalue weighted by Crippen LogP contribution is 2.39. The second kappa shape index (κ2) is 19.7. The van der Waals surface area contributed by atoms with Crippen molar-refractivity contribution >= 4 is 13.7 Å². The standard InChI is InChI=1S/C25H53N2O6P/c1-6-7-8-9-10-11-12-13-14-15-16-17-18-19-25(28)26-21-23(32-5)20-24(22-27(2,3)4)33-34(29,30)31/h23-24H,6-22H2,1-5H3,(H2-,26,28,29,30,31)/p+1. The summed E-state index contributed by atoms with van der Waals surface area (Å²) >= 11 is 0. The fourth-order valence-corrected chi connectivity index (χ4v) is 4.67. The molecular weight excluding hydrogens is 455 g/mol. The lowest BCUT2D eigenvalue weighted by atomic mass is 10.0. The van der Waals surface area contributed by atoms with Crippen LogP contribution in [0.2, 0.25) is 0 Å². The number of phosphoric acid groups is 1. The molecule has 3 N–H and O–H groups in total. The fraction of sp³-hybridized carbons (Fsp3) is 0.960. The van der Waals surface area contributed by atoms with Crippen LogP contribution >= 0.6 is 7.82 Å². The highest BCUT2D eigenvalue weighted by atomic mass is 31.2. The first-order chi connectivity index (χ1) is 16.0. The van der Waals surface area contributed by atoms with Crippen LogP contribution in [0.4, 0.5) is 0 Å². The van der Waals surface area contributed by atoms with Gasteiger partial charge in [-0.05, 0) is 6.42 Å². The number of methoxy groups -OCH3 is 1. The van der Waals surface area contributed by atoms with Gasteiger partial charge in [-0.15, -0.1) is 0 Å². The summed E-state index contributed by atoms with van der Waals surface area (Å²) in [6.07, 6.45) is 16.3. The molecule has 0 aromatic carbocycles. The van der Waals surface area contributed by atoms with Crippen molar-refractivity contribution in [3.63, 3.8) is 0 Å². The van der Waals surface area contributed by atoms with Crippen molar-refractivity contribution in [3.8, 4) is 0 Å². The minimum atomic E-state index is -4.60. The largest absolute Gasteiger partial charge is 0.470 e. The predicted octanol–water partition coefficient (Wildman–Crippen LogP) is 5.17. The summed E-state index contributed by atoms with van der Waals surface area (Å²) in [5, 5.41) is 2.89. The topological polar surface area (TPSA) is 105 Å². The number of phosphoric ester groups is 1. The fourth-order valence-electron chi connectivity index (χ4n) is 4.13. The Bertz CT molecular complexity index is 550. The van der Waals surface area contributed by atoms with E-state index in [0.29, 0.717) is 24.0 Å². The van der Waals surface area contributed by atoms with Gasteiger partial charge in [0.05, 0.1) is 27.2 Å². The van der Waals surface area contributed by atoms with E-state index in [1.165, 1.54) is 77.7 Å². The number of carbonyl (C=O) groups is 1. The molecule has 0 aromatic rings. The Hall–Kier alpha value is -0.500. The first kappa shape index (κ1) is 33.5. The molecule has 0 aliphatic rings. The number of hydrogen-bond acceptors (Lipinski definition) is 4. The minimum absolute atomic E-state index is 0.0100. The Balaban J connectivity index is 3.93. The first-order valence-corrected chi connectivity index (χ1v) is 14.8. The Kier molecular flexibility index (Phi) is 19.4. The summed E-state index contributed by atoms with van der Waals surface area (Å²) in [6, 6.07) is 0. The maximum Gasteiger partial charge on any atom is 0.470 e. The second-order valence-electron chi connectivity index (χ2n) is 10.6. The lowest BCUT2D eigenvalue weighted by Gasteiger charge is -2.30. The highest BCUT2D eigenvalue weighted by molar-refractivity contribution is 7.46. The van der Waals surface area contributed by atoms with E-state index in [1.54, 1.807) is 0 Å². The maximum atomic E-state index is 12.2. The van der Waals surface area contributed by atoms with Crippen molar-refractivity contribution < 1.29 is 32.9 Å². The third kappa shape index (κ3) is 23.3. The molecule has 0 aromatic heterocycles. The van der Waals surface area contributed by atoms with E-state index in [2.05, 4.69) is 12.2 Å². The molecule has 0 fully saturated rings. The first-order valence-electron chi connectivity index (χ1n) is 13.3. The molecule has 0 spiro atoms. The lowest BCUT2D eigenvalue weighted by molar-refractivity contribution is -0.873. The number of unbranched alkanes of at least 4 members (excludes halogenated alkanes) is 12. The van der Waals surface area contributed by atoms with Gasteiger partial charge in [-0.25, -0.2) is 4.57 Å². The maximum absolute atomic E-state index is 12.2. The molecule has 9 heteroatoms. The van der Waals surface area contributed by atoms with Crippen LogP contribution in [0.5, 0.6) is 0 Å². The number of nitrogens with zero attached hydrogens (tertiary/aromatic N) is 1. The van der Waals surface area contributed by atoms with E-state index in [4.69, 9.17) is 9.26 Å². The van der Waals surface area contributed by atoms with Crippen molar-refractivity contribution in [3.05, 3.63) is 0 Å². The number of nitrogens with one attached hydrogen (secondary N) is 1. The number of quaternary nitrogens is 1. The molecule has 0 aliphatic heterocycles. The molecule has 2 atom stereocenters. The van der Waals surface area contributed by atoms with E-state index in [0.717, 1.165) is 12.8 Å².